The van der Waals surface area contributed by atoms with Crippen molar-refractivity contribution < 1.29 is 9.90 Å². The van der Waals surface area contributed by atoms with Crippen LogP contribution in [0.5, 0.6) is 0 Å². The number of carbonyl (C=O) groups is 1. The van der Waals surface area contributed by atoms with Crippen molar-refractivity contribution in [3.63, 3.8) is 0 Å². The standard InChI is InChI=1S/C12H21NO2/c14-10-6-8-13(9-7-10)11-4-2-1-3-5-12(11)15/h11-12,15H,1-9H2. The summed E-state index contributed by atoms with van der Waals surface area (Å²) in [4.78, 5) is 13.5. The fraction of sp³-hybridized carbons (Fsp3) is 0.917. The fourth-order valence-corrected chi connectivity index (χ4v) is 2.80. The molecule has 3 heteroatoms. The second-order valence-electron chi connectivity index (χ2n) is 4.85. The summed E-state index contributed by atoms with van der Waals surface area (Å²) in [6.45, 7) is 1.72. The highest BCUT2D eigenvalue weighted by molar-refractivity contribution is 5.79. The molecule has 1 aliphatic heterocycles. The average Bonchev–Trinajstić information content (AvgIpc) is 2.44. The van der Waals surface area contributed by atoms with Crippen LogP contribution in [0.25, 0.3) is 0 Å². The van der Waals surface area contributed by atoms with E-state index >= 15 is 0 Å². The van der Waals surface area contributed by atoms with Gasteiger partial charge in [-0.05, 0) is 12.8 Å². The molecule has 2 rings (SSSR count). The SMILES string of the molecule is O=C1CCN(C2CCCCCC2O)CC1. The third kappa shape index (κ3) is 2.79. The number of likely N-dealkylation sites (tertiary alicyclic amines) is 1. The molecule has 1 N–H and O–H groups in total. The highest BCUT2D eigenvalue weighted by Gasteiger charge is 2.29. The molecule has 0 aromatic heterocycles. The molecule has 2 atom stereocenters. The number of rotatable bonds is 1. The van der Waals surface area contributed by atoms with Crippen molar-refractivity contribution in [2.75, 3.05) is 13.1 Å². The number of hydrogen-bond donors (Lipinski definition) is 1. The van der Waals surface area contributed by atoms with Crippen molar-refractivity contribution in [3.05, 3.63) is 0 Å². The van der Waals surface area contributed by atoms with Crippen LogP contribution < -0.4 is 0 Å². The molecule has 15 heavy (non-hydrogen) atoms. The molecule has 0 amide bonds. The summed E-state index contributed by atoms with van der Waals surface area (Å²) < 4.78 is 0. The van der Waals surface area contributed by atoms with Gasteiger partial charge in [0, 0.05) is 32.0 Å². The van der Waals surface area contributed by atoms with Crippen LogP contribution in [-0.4, -0.2) is 41.0 Å². The van der Waals surface area contributed by atoms with E-state index in [1.165, 1.54) is 12.8 Å². The highest BCUT2D eigenvalue weighted by atomic mass is 16.3. The summed E-state index contributed by atoms with van der Waals surface area (Å²) in [5.74, 6) is 0.384. The molecule has 2 aliphatic rings. The van der Waals surface area contributed by atoms with Crippen molar-refractivity contribution in [2.45, 2.75) is 57.1 Å². The molecule has 2 fully saturated rings. The molecule has 1 heterocycles. The Bertz CT molecular complexity index is 220. The third-order valence-electron chi connectivity index (χ3n) is 3.77. The maximum atomic E-state index is 11.2. The smallest absolute Gasteiger partial charge is 0.135 e. The first-order valence-electron chi connectivity index (χ1n) is 6.21. The molecule has 0 radical (unpaired) electrons. The molecule has 0 spiro atoms. The highest BCUT2D eigenvalue weighted by Crippen LogP contribution is 2.24. The zero-order valence-electron chi connectivity index (χ0n) is 9.32. The first-order valence-corrected chi connectivity index (χ1v) is 6.21. The van der Waals surface area contributed by atoms with Crippen LogP contribution in [0.4, 0.5) is 0 Å². The minimum absolute atomic E-state index is 0.166. The van der Waals surface area contributed by atoms with Gasteiger partial charge in [-0.2, -0.15) is 0 Å². The minimum Gasteiger partial charge on any atom is -0.391 e. The molecular weight excluding hydrogens is 190 g/mol. The second-order valence-corrected chi connectivity index (χ2v) is 4.85. The van der Waals surface area contributed by atoms with E-state index in [0.29, 0.717) is 24.7 Å². The molecule has 86 valence electrons. The van der Waals surface area contributed by atoms with Crippen LogP contribution >= 0.6 is 0 Å². The van der Waals surface area contributed by atoms with Gasteiger partial charge >= 0.3 is 0 Å². The molecule has 2 unspecified atom stereocenters. The number of aliphatic hydroxyl groups is 1. The first kappa shape index (κ1) is 11.1. The largest absolute Gasteiger partial charge is 0.391 e. The van der Waals surface area contributed by atoms with Crippen molar-refractivity contribution in [2.24, 2.45) is 0 Å². The average molecular weight is 211 g/mol. The molecule has 0 aromatic carbocycles. The van der Waals surface area contributed by atoms with E-state index in [-0.39, 0.29) is 6.10 Å². The number of carbonyl (C=O) groups excluding carboxylic acids is 1. The van der Waals surface area contributed by atoms with Gasteiger partial charge in [-0.3, -0.25) is 9.69 Å². The first-order chi connectivity index (χ1) is 7.27. The Balaban J connectivity index is 1.92. The predicted molar refractivity (Wildman–Crippen MR) is 58.7 cm³/mol. The number of Topliss-reactive ketones (excluding diaryl/α,β-unsaturated/α-hetero) is 1. The Morgan fingerprint density at radius 3 is 2.47 bits per heavy atom. The normalized spacial score (nSPS) is 35.1. The molecule has 3 nitrogen and oxygen atoms in total. The van der Waals surface area contributed by atoms with Gasteiger partial charge in [-0.15, -0.1) is 0 Å². The molecule has 1 aliphatic carbocycles. The van der Waals surface area contributed by atoms with Gasteiger partial charge in [0.15, 0.2) is 0 Å². The van der Waals surface area contributed by atoms with E-state index in [1.54, 1.807) is 0 Å². The Hall–Kier alpha value is -0.410. The summed E-state index contributed by atoms with van der Waals surface area (Å²) >= 11 is 0. The fourth-order valence-electron chi connectivity index (χ4n) is 2.80. The summed E-state index contributed by atoms with van der Waals surface area (Å²) in [5, 5.41) is 10.0. The lowest BCUT2D eigenvalue weighted by Gasteiger charge is -2.36. The summed E-state index contributed by atoms with van der Waals surface area (Å²) in [5.41, 5.74) is 0. The van der Waals surface area contributed by atoms with Crippen LogP contribution in [0.15, 0.2) is 0 Å². The van der Waals surface area contributed by atoms with Crippen molar-refractivity contribution in [1.82, 2.24) is 4.90 Å². The van der Waals surface area contributed by atoms with Gasteiger partial charge in [0.2, 0.25) is 0 Å². The molecule has 0 bridgehead atoms. The van der Waals surface area contributed by atoms with Crippen LogP contribution in [0.3, 0.4) is 0 Å². The Morgan fingerprint density at radius 1 is 1.07 bits per heavy atom. The topological polar surface area (TPSA) is 40.5 Å². The molecular formula is C12H21NO2. The zero-order valence-corrected chi connectivity index (χ0v) is 9.32. The van der Waals surface area contributed by atoms with Gasteiger partial charge in [0.05, 0.1) is 6.10 Å². The van der Waals surface area contributed by atoms with Crippen molar-refractivity contribution in [1.29, 1.82) is 0 Å². The lowest BCUT2D eigenvalue weighted by Crippen LogP contribution is -2.47. The van der Waals surface area contributed by atoms with E-state index in [2.05, 4.69) is 4.90 Å². The Morgan fingerprint density at radius 2 is 1.73 bits per heavy atom. The number of piperidine rings is 1. The number of ketones is 1. The van der Waals surface area contributed by atoms with Gasteiger partial charge in [-0.25, -0.2) is 0 Å². The van der Waals surface area contributed by atoms with Crippen LogP contribution in [0.2, 0.25) is 0 Å². The van der Waals surface area contributed by atoms with Crippen molar-refractivity contribution in [3.8, 4) is 0 Å². The van der Waals surface area contributed by atoms with Gasteiger partial charge in [0.1, 0.15) is 5.78 Å². The van der Waals surface area contributed by atoms with Gasteiger partial charge in [0.25, 0.3) is 0 Å². The maximum absolute atomic E-state index is 11.2. The predicted octanol–water partition coefficient (Wildman–Crippen LogP) is 1.34. The third-order valence-corrected chi connectivity index (χ3v) is 3.77. The van der Waals surface area contributed by atoms with E-state index < -0.39 is 0 Å². The van der Waals surface area contributed by atoms with Gasteiger partial charge < -0.3 is 5.11 Å². The van der Waals surface area contributed by atoms with Gasteiger partial charge in [-0.1, -0.05) is 19.3 Å². The lowest BCUT2D eigenvalue weighted by molar-refractivity contribution is -0.122. The van der Waals surface area contributed by atoms with E-state index in [4.69, 9.17) is 0 Å². The number of hydrogen-bond acceptors (Lipinski definition) is 3. The lowest BCUT2D eigenvalue weighted by atomic mass is 10.00. The quantitative estimate of drug-likeness (QED) is 0.665. The summed E-state index contributed by atoms with van der Waals surface area (Å²) in [7, 11) is 0. The van der Waals surface area contributed by atoms with E-state index in [1.807, 2.05) is 0 Å². The Labute approximate surface area is 91.5 Å². The number of nitrogens with zero attached hydrogens (tertiary/aromatic N) is 1. The van der Waals surface area contributed by atoms with Crippen LogP contribution in [0, 0.1) is 0 Å². The summed E-state index contributed by atoms with van der Waals surface area (Å²) in [6, 6.07) is 0.320. The molecule has 1 saturated heterocycles. The Kier molecular flexibility index (Phi) is 3.76. The maximum Gasteiger partial charge on any atom is 0.135 e. The van der Waals surface area contributed by atoms with Crippen LogP contribution in [0.1, 0.15) is 44.9 Å². The number of aliphatic hydroxyl groups excluding tert-OH is 1. The van der Waals surface area contributed by atoms with E-state index in [0.717, 1.165) is 32.4 Å². The second kappa shape index (κ2) is 5.08. The molecule has 1 saturated carbocycles. The minimum atomic E-state index is -0.166. The monoisotopic (exact) mass is 211 g/mol. The zero-order chi connectivity index (χ0) is 10.7. The van der Waals surface area contributed by atoms with Crippen LogP contribution in [-0.2, 0) is 4.79 Å². The van der Waals surface area contributed by atoms with E-state index in [9.17, 15) is 9.90 Å². The van der Waals surface area contributed by atoms with Crippen molar-refractivity contribution >= 4 is 5.78 Å². The summed E-state index contributed by atoms with van der Waals surface area (Å²) in [6.07, 6.45) is 6.88. The molecule has 0 aromatic rings.